The third-order valence-electron chi connectivity index (χ3n) is 3.31. The monoisotopic (exact) mass is 216 g/mol. The highest BCUT2D eigenvalue weighted by atomic mass is 16.3. The molecule has 1 aliphatic rings. The molecular formula is C12H12N2O2. The molecule has 16 heavy (non-hydrogen) atoms. The zero-order valence-electron chi connectivity index (χ0n) is 8.79. The number of hydrogen-bond donors (Lipinski definition) is 2. The number of aryl methyl sites for hydroxylation is 2. The number of hydrogen-bond acceptors (Lipinski definition) is 3. The number of nitroso groups, excluding NO2 is 1. The van der Waals surface area contributed by atoms with Crippen molar-refractivity contribution in [3.8, 4) is 5.88 Å². The fourth-order valence-electron chi connectivity index (χ4n) is 2.49. The summed E-state index contributed by atoms with van der Waals surface area (Å²) >= 11 is 0. The topological polar surface area (TPSA) is 65.4 Å². The zero-order chi connectivity index (χ0) is 11.1. The number of fused-ring (bicyclic) bond motifs is 2. The van der Waals surface area contributed by atoms with Gasteiger partial charge < -0.3 is 10.1 Å². The van der Waals surface area contributed by atoms with Crippen molar-refractivity contribution in [2.75, 3.05) is 0 Å². The van der Waals surface area contributed by atoms with Gasteiger partial charge in [0.1, 0.15) is 0 Å². The molecule has 82 valence electrons. The molecule has 0 saturated heterocycles. The lowest BCUT2D eigenvalue weighted by Gasteiger charge is -2.15. The quantitative estimate of drug-likeness (QED) is 0.719. The molecular weight excluding hydrogens is 204 g/mol. The molecule has 1 heterocycles. The minimum absolute atomic E-state index is 0.128. The van der Waals surface area contributed by atoms with Crippen LogP contribution in [0.1, 0.15) is 24.0 Å². The average Bonchev–Trinajstić information content (AvgIpc) is 2.60. The number of aromatic amines is 1. The van der Waals surface area contributed by atoms with Crippen LogP contribution >= 0.6 is 0 Å². The second-order valence-electron chi connectivity index (χ2n) is 4.29. The van der Waals surface area contributed by atoms with Gasteiger partial charge in [-0.3, -0.25) is 0 Å². The Balaban J connectivity index is 2.31. The van der Waals surface area contributed by atoms with Gasteiger partial charge in [-0.05, 0) is 54.1 Å². The van der Waals surface area contributed by atoms with Crippen LogP contribution < -0.4 is 0 Å². The Morgan fingerprint density at radius 1 is 1.19 bits per heavy atom. The van der Waals surface area contributed by atoms with Crippen LogP contribution in [0.25, 0.3) is 10.9 Å². The fourth-order valence-corrected chi connectivity index (χ4v) is 2.49. The van der Waals surface area contributed by atoms with Gasteiger partial charge in [-0.1, -0.05) is 0 Å². The van der Waals surface area contributed by atoms with Crippen molar-refractivity contribution in [2.24, 2.45) is 5.18 Å². The second kappa shape index (κ2) is 3.33. The Kier molecular flexibility index (Phi) is 1.96. The smallest absolute Gasteiger partial charge is 0.219 e. The Morgan fingerprint density at radius 3 is 2.56 bits per heavy atom. The average molecular weight is 216 g/mol. The molecule has 2 aromatic rings. The predicted octanol–water partition coefficient (Wildman–Crippen LogP) is 3.15. The molecule has 0 bridgehead atoms. The normalized spacial score (nSPS) is 15.0. The number of nitrogens with one attached hydrogen (secondary N) is 1. The van der Waals surface area contributed by atoms with E-state index in [0.29, 0.717) is 0 Å². The van der Waals surface area contributed by atoms with Crippen LogP contribution in [0, 0.1) is 4.91 Å². The Morgan fingerprint density at radius 2 is 1.88 bits per heavy atom. The van der Waals surface area contributed by atoms with E-state index in [0.717, 1.165) is 23.7 Å². The number of aromatic hydroxyl groups is 1. The summed E-state index contributed by atoms with van der Waals surface area (Å²) in [6, 6.07) is 4.01. The van der Waals surface area contributed by atoms with Crippen LogP contribution in [0.4, 0.5) is 5.69 Å². The van der Waals surface area contributed by atoms with E-state index in [4.69, 9.17) is 0 Å². The molecule has 0 fully saturated rings. The van der Waals surface area contributed by atoms with Crippen molar-refractivity contribution < 1.29 is 5.11 Å². The van der Waals surface area contributed by atoms with E-state index in [1.165, 1.54) is 24.0 Å². The van der Waals surface area contributed by atoms with Gasteiger partial charge in [-0.2, -0.15) is 0 Å². The van der Waals surface area contributed by atoms with Gasteiger partial charge in [-0.25, -0.2) is 0 Å². The molecule has 0 spiro atoms. The molecule has 1 aromatic heterocycles. The summed E-state index contributed by atoms with van der Waals surface area (Å²) in [5.41, 5.74) is 3.52. The zero-order valence-corrected chi connectivity index (χ0v) is 8.79. The van der Waals surface area contributed by atoms with Crippen LogP contribution in [0.3, 0.4) is 0 Å². The van der Waals surface area contributed by atoms with Gasteiger partial charge in [0.15, 0.2) is 5.69 Å². The summed E-state index contributed by atoms with van der Waals surface area (Å²) in [5, 5.41) is 13.1. The maximum Gasteiger partial charge on any atom is 0.219 e. The SMILES string of the molecule is O=Nc1c(O)[nH]c2cc3c(cc12)CCCC3. The highest BCUT2D eigenvalue weighted by Gasteiger charge is 2.16. The maximum absolute atomic E-state index is 10.6. The van der Waals surface area contributed by atoms with Gasteiger partial charge in [0.2, 0.25) is 5.88 Å². The molecule has 4 nitrogen and oxygen atoms in total. The number of benzene rings is 1. The van der Waals surface area contributed by atoms with E-state index in [9.17, 15) is 10.0 Å². The number of aromatic nitrogens is 1. The van der Waals surface area contributed by atoms with Crippen molar-refractivity contribution in [3.05, 3.63) is 28.2 Å². The van der Waals surface area contributed by atoms with Crippen molar-refractivity contribution in [1.82, 2.24) is 4.98 Å². The third kappa shape index (κ3) is 1.23. The highest BCUT2D eigenvalue weighted by Crippen LogP contribution is 2.37. The van der Waals surface area contributed by atoms with Crippen LogP contribution in [-0.4, -0.2) is 10.1 Å². The Bertz CT molecular complexity index is 572. The van der Waals surface area contributed by atoms with Crippen molar-refractivity contribution in [2.45, 2.75) is 25.7 Å². The summed E-state index contributed by atoms with van der Waals surface area (Å²) in [6.07, 6.45) is 4.53. The number of H-pyrrole nitrogens is 1. The summed E-state index contributed by atoms with van der Waals surface area (Å²) in [5.74, 6) is -0.132. The van der Waals surface area contributed by atoms with Gasteiger partial charge in [-0.15, -0.1) is 4.91 Å². The molecule has 1 aromatic carbocycles. The van der Waals surface area contributed by atoms with E-state index < -0.39 is 0 Å². The molecule has 0 unspecified atom stereocenters. The first-order chi connectivity index (χ1) is 7.79. The Labute approximate surface area is 92.3 Å². The van der Waals surface area contributed by atoms with Crippen molar-refractivity contribution >= 4 is 16.6 Å². The van der Waals surface area contributed by atoms with Crippen LogP contribution in [0.2, 0.25) is 0 Å². The van der Waals surface area contributed by atoms with Crippen LogP contribution in [0.5, 0.6) is 5.88 Å². The summed E-state index contributed by atoms with van der Waals surface area (Å²) < 4.78 is 0. The minimum atomic E-state index is -0.132. The molecule has 1 aliphatic carbocycles. The molecule has 3 rings (SSSR count). The van der Waals surface area contributed by atoms with Crippen LogP contribution in [-0.2, 0) is 12.8 Å². The van der Waals surface area contributed by atoms with E-state index in [-0.39, 0.29) is 11.6 Å². The lowest BCUT2D eigenvalue weighted by molar-refractivity contribution is 0.460. The second-order valence-corrected chi connectivity index (χ2v) is 4.29. The lowest BCUT2D eigenvalue weighted by Crippen LogP contribution is -2.01. The minimum Gasteiger partial charge on any atom is -0.493 e. The van der Waals surface area contributed by atoms with Crippen molar-refractivity contribution in [3.63, 3.8) is 0 Å². The van der Waals surface area contributed by atoms with Gasteiger partial charge in [0, 0.05) is 5.39 Å². The van der Waals surface area contributed by atoms with E-state index in [1.807, 2.05) is 12.1 Å². The molecule has 0 saturated carbocycles. The predicted molar refractivity (Wildman–Crippen MR) is 62.1 cm³/mol. The molecule has 4 heteroatoms. The summed E-state index contributed by atoms with van der Waals surface area (Å²) in [7, 11) is 0. The highest BCUT2D eigenvalue weighted by molar-refractivity contribution is 5.95. The van der Waals surface area contributed by atoms with Crippen LogP contribution in [0.15, 0.2) is 17.3 Å². The first-order valence-electron chi connectivity index (χ1n) is 5.49. The third-order valence-corrected chi connectivity index (χ3v) is 3.31. The van der Waals surface area contributed by atoms with E-state index in [2.05, 4.69) is 10.2 Å². The maximum atomic E-state index is 10.6. The fraction of sp³-hybridized carbons (Fsp3) is 0.333. The van der Waals surface area contributed by atoms with Gasteiger partial charge >= 0.3 is 0 Å². The number of rotatable bonds is 1. The molecule has 0 radical (unpaired) electrons. The van der Waals surface area contributed by atoms with E-state index in [1.54, 1.807) is 0 Å². The lowest BCUT2D eigenvalue weighted by atomic mass is 9.90. The Hall–Kier alpha value is -1.84. The molecule has 0 aliphatic heterocycles. The number of nitrogens with zero attached hydrogens (tertiary/aromatic N) is 1. The van der Waals surface area contributed by atoms with Gasteiger partial charge in [0.25, 0.3) is 0 Å². The van der Waals surface area contributed by atoms with E-state index >= 15 is 0 Å². The summed E-state index contributed by atoms with van der Waals surface area (Å²) in [6.45, 7) is 0. The largest absolute Gasteiger partial charge is 0.493 e. The first-order valence-corrected chi connectivity index (χ1v) is 5.49. The summed E-state index contributed by atoms with van der Waals surface area (Å²) in [4.78, 5) is 13.4. The molecule has 0 atom stereocenters. The standard InChI is InChI=1S/C12H12N2O2/c15-12-11(14-16)9-5-7-3-1-2-4-8(7)6-10(9)13-12/h5-6,13,15H,1-4H2. The molecule has 2 N–H and O–H groups in total. The van der Waals surface area contributed by atoms with Crippen molar-refractivity contribution in [1.29, 1.82) is 0 Å². The first kappa shape index (κ1) is 9.39. The van der Waals surface area contributed by atoms with Gasteiger partial charge in [0.05, 0.1) is 5.52 Å². The molecule has 0 amide bonds.